The van der Waals surface area contributed by atoms with Crippen molar-refractivity contribution in [1.29, 1.82) is 0 Å². The molecule has 0 heteroatoms. The van der Waals surface area contributed by atoms with Crippen molar-refractivity contribution in [2.75, 3.05) is 0 Å². The van der Waals surface area contributed by atoms with Gasteiger partial charge in [-0.25, -0.2) is 0 Å². The number of hydrogen-bond acceptors (Lipinski definition) is 0. The first-order valence-electron chi connectivity index (χ1n) is 9.66. The van der Waals surface area contributed by atoms with Crippen molar-refractivity contribution in [2.24, 2.45) is 0 Å². The van der Waals surface area contributed by atoms with E-state index in [1.165, 1.54) is 51.4 Å². The van der Waals surface area contributed by atoms with Gasteiger partial charge in [0.05, 0.1) is 0 Å². The van der Waals surface area contributed by atoms with E-state index in [2.05, 4.69) is 0 Å². The summed E-state index contributed by atoms with van der Waals surface area (Å²) in [6.07, 6.45) is 10.4. The molecule has 9 aliphatic rings. The minimum absolute atomic E-state index is 1.30. The summed E-state index contributed by atoms with van der Waals surface area (Å²) in [5, 5.41) is 0. The van der Waals surface area contributed by atoms with Crippen LogP contribution in [0.25, 0.3) is 0 Å². The van der Waals surface area contributed by atoms with Gasteiger partial charge in [-0.3, -0.25) is 0 Å². The van der Waals surface area contributed by atoms with E-state index in [1.54, 1.807) is 89.2 Å². The van der Waals surface area contributed by atoms with Crippen molar-refractivity contribution in [1.82, 2.24) is 0 Å². The van der Waals surface area contributed by atoms with E-state index < -0.39 is 0 Å². The Labute approximate surface area is 141 Å². The first kappa shape index (κ1) is 10.7. The molecule has 0 aromatic heterocycles. The maximum Gasteiger partial charge on any atom is -0.00831 e. The molecule has 0 N–H and O–H groups in total. The van der Waals surface area contributed by atoms with E-state index in [1.807, 2.05) is 0 Å². The van der Waals surface area contributed by atoms with E-state index in [0.717, 1.165) is 0 Å². The molecule has 0 amide bonds. The van der Waals surface area contributed by atoms with Gasteiger partial charge < -0.3 is 0 Å². The summed E-state index contributed by atoms with van der Waals surface area (Å²) < 4.78 is 0. The van der Waals surface area contributed by atoms with E-state index in [0.29, 0.717) is 0 Å². The summed E-state index contributed by atoms with van der Waals surface area (Å²) in [5.74, 6) is 0. The van der Waals surface area contributed by atoms with Crippen molar-refractivity contribution >= 4 is 0 Å². The summed E-state index contributed by atoms with van der Waals surface area (Å²) in [5.41, 5.74) is 28.3. The number of hydrogen-bond donors (Lipinski definition) is 0. The molecular weight excluding hydrogens is 288 g/mol. The van der Waals surface area contributed by atoms with Crippen LogP contribution in [0.15, 0.2) is 89.2 Å². The van der Waals surface area contributed by atoms with Gasteiger partial charge in [0.1, 0.15) is 0 Å². The van der Waals surface area contributed by atoms with Gasteiger partial charge in [-0.15, -0.1) is 0 Å². The molecule has 1 fully saturated rings. The van der Waals surface area contributed by atoms with Crippen LogP contribution in [0.2, 0.25) is 0 Å². The van der Waals surface area contributed by atoms with Crippen molar-refractivity contribution in [2.45, 2.75) is 51.4 Å². The van der Waals surface area contributed by atoms with Crippen LogP contribution in [0, 0.1) is 0 Å². The molecule has 0 atom stereocenters. The fourth-order valence-electron chi connectivity index (χ4n) is 7.80. The minimum atomic E-state index is 1.30. The second-order valence-electron chi connectivity index (χ2n) is 9.24. The summed E-state index contributed by atoms with van der Waals surface area (Å²) in [6, 6.07) is 0. The Morgan fingerprint density at radius 1 is 0.208 bits per heavy atom. The van der Waals surface area contributed by atoms with Crippen molar-refractivity contribution in [3.8, 4) is 0 Å². The van der Waals surface area contributed by atoms with E-state index in [9.17, 15) is 0 Å². The molecule has 112 valence electrons. The van der Waals surface area contributed by atoms with Crippen LogP contribution in [-0.4, -0.2) is 0 Å². The highest BCUT2D eigenvalue weighted by Crippen LogP contribution is 2.70. The zero-order valence-corrected chi connectivity index (χ0v) is 13.7. The summed E-state index contributed by atoms with van der Waals surface area (Å²) >= 11 is 0. The van der Waals surface area contributed by atoms with Gasteiger partial charge in [-0.1, -0.05) is 44.6 Å². The van der Waals surface area contributed by atoms with E-state index in [4.69, 9.17) is 0 Å². The fraction of sp³-hybridized carbons (Fsp3) is 0.333. The molecule has 0 spiro atoms. The van der Waals surface area contributed by atoms with Gasteiger partial charge >= 0.3 is 0 Å². The average molecular weight is 304 g/mol. The lowest BCUT2D eigenvalue weighted by atomic mass is 9.79. The van der Waals surface area contributed by atoms with Gasteiger partial charge in [0.15, 0.2) is 0 Å². The first-order valence-corrected chi connectivity index (χ1v) is 9.66. The Kier molecular flexibility index (Phi) is 1.27. The summed E-state index contributed by atoms with van der Waals surface area (Å²) in [6.45, 7) is 0. The highest BCUT2D eigenvalue weighted by Gasteiger charge is 2.53. The van der Waals surface area contributed by atoms with Crippen LogP contribution < -0.4 is 0 Å². The molecule has 1 saturated carbocycles. The summed E-state index contributed by atoms with van der Waals surface area (Å²) in [4.78, 5) is 0. The molecule has 0 nitrogen and oxygen atoms in total. The summed E-state index contributed by atoms with van der Waals surface area (Å²) in [7, 11) is 0. The van der Waals surface area contributed by atoms with E-state index in [-0.39, 0.29) is 0 Å². The van der Waals surface area contributed by atoms with Crippen molar-refractivity contribution < 1.29 is 0 Å². The van der Waals surface area contributed by atoms with Crippen LogP contribution in [0.3, 0.4) is 0 Å². The highest BCUT2D eigenvalue weighted by molar-refractivity contribution is 5.93. The first-order chi connectivity index (χ1) is 11.9. The molecule has 0 bridgehead atoms. The maximum absolute atomic E-state index is 1.79. The zero-order chi connectivity index (χ0) is 14.9. The Balaban J connectivity index is 1.52. The molecule has 0 aromatic carbocycles. The van der Waals surface area contributed by atoms with Crippen molar-refractivity contribution in [3.63, 3.8) is 0 Å². The lowest BCUT2D eigenvalue weighted by Gasteiger charge is -2.24. The van der Waals surface area contributed by atoms with Gasteiger partial charge in [-0.05, 0) is 96.0 Å². The normalized spacial score (nSPS) is 32.0. The quantitative estimate of drug-likeness (QED) is 0.546. The second kappa shape index (κ2) is 2.86. The van der Waals surface area contributed by atoms with Crippen LogP contribution in [-0.2, 0) is 0 Å². The SMILES string of the molecule is C1C2=C3C4=C1CC1=C4C4=C(C1)CC1=C4C4=C(CC5=C4C3=C(C2)C5)C1. The molecule has 0 unspecified atom stereocenters. The van der Waals surface area contributed by atoms with Gasteiger partial charge in [0.2, 0.25) is 0 Å². The molecule has 0 aliphatic heterocycles. The Morgan fingerprint density at radius 2 is 0.333 bits per heavy atom. The molecular formula is C24H16. The monoisotopic (exact) mass is 304 g/mol. The molecule has 9 rings (SSSR count). The smallest absolute Gasteiger partial charge is 0.00831 e. The third-order valence-corrected chi connectivity index (χ3v) is 8.24. The zero-order valence-electron chi connectivity index (χ0n) is 13.7. The molecule has 0 saturated heterocycles. The minimum Gasteiger partial charge on any atom is -0.0535 e. The highest BCUT2D eigenvalue weighted by atomic mass is 14.6. The Hall–Kier alpha value is -2.08. The Morgan fingerprint density at radius 3 is 0.458 bits per heavy atom. The van der Waals surface area contributed by atoms with Crippen LogP contribution in [0.4, 0.5) is 0 Å². The lowest BCUT2D eigenvalue weighted by Crippen LogP contribution is -2.07. The van der Waals surface area contributed by atoms with Crippen LogP contribution >= 0.6 is 0 Å². The topological polar surface area (TPSA) is 0 Å². The third-order valence-electron chi connectivity index (χ3n) is 8.24. The average Bonchev–Trinajstić information content (AvgIpc) is 3.25. The Bertz CT molecular complexity index is 848. The van der Waals surface area contributed by atoms with E-state index >= 15 is 0 Å². The number of rotatable bonds is 0. The van der Waals surface area contributed by atoms with Gasteiger partial charge in [0.25, 0.3) is 0 Å². The molecule has 24 heavy (non-hydrogen) atoms. The third kappa shape index (κ3) is 0.808. The van der Waals surface area contributed by atoms with Crippen molar-refractivity contribution in [3.05, 3.63) is 89.2 Å². The number of allylic oxidation sites excluding steroid dienone is 16. The van der Waals surface area contributed by atoms with Crippen LogP contribution in [0.1, 0.15) is 51.4 Å². The molecule has 0 radical (unpaired) electrons. The second-order valence-corrected chi connectivity index (χ2v) is 9.24. The molecule has 0 aromatic rings. The predicted octanol–water partition coefficient (Wildman–Crippen LogP) is 5.60. The van der Waals surface area contributed by atoms with Gasteiger partial charge in [0, 0.05) is 0 Å². The maximum atomic E-state index is 1.79. The largest absolute Gasteiger partial charge is 0.0535 e. The lowest BCUT2D eigenvalue weighted by molar-refractivity contribution is 0.905. The predicted molar refractivity (Wildman–Crippen MR) is 93.1 cm³/mol. The standard InChI is InChI=1S/C24H16/c1-9-2-11-4-13-6-15-8-16-7-14-5-12-3-10(1)18-17(9)19(11)21(13)23(15)24(16)22(14)20(12)18/h1-8H2. The van der Waals surface area contributed by atoms with Gasteiger partial charge in [-0.2, -0.15) is 0 Å². The van der Waals surface area contributed by atoms with Crippen LogP contribution in [0.5, 0.6) is 0 Å². The molecule has 0 heterocycles. The molecule has 9 aliphatic carbocycles. The fourth-order valence-corrected chi connectivity index (χ4v) is 7.80.